The molecule has 1 aliphatic carbocycles. The third-order valence-corrected chi connectivity index (χ3v) is 4.54. The average Bonchev–Trinajstić information content (AvgIpc) is 3.13. The molecule has 1 atom stereocenters. The number of carboxylic acid groups (broad SMARTS) is 1. The second kappa shape index (κ2) is 4.63. The molecule has 5 nitrogen and oxygen atoms in total. The van der Waals surface area contributed by atoms with Crippen molar-refractivity contribution in [2.24, 2.45) is 0 Å². The van der Waals surface area contributed by atoms with Gasteiger partial charge in [-0.1, -0.05) is 0 Å². The zero-order chi connectivity index (χ0) is 13.5. The Kier molecular flexibility index (Phi) is 3.09. The van der Waals surface area contributed by atoms with Gasteiger partial charge in [-0.2, -0.15) is 0 Å². The van der Waals surface area contributed by atoms with E-state index in [0.29, 0.717) is 12.6 Å². The first-order valence-electron chi connectivity index (χ1n) is 7.10. The number of imidazole rings is 1. The summed E-state index contributed by atoms with van der Waals surface area (Å²) < 4.78 is 2.22. The molecule has 19 heavy (non-hydrogen) atoms. The molecule has 0 amide bonds. The summed E-state index contributed by atoms with van der Waals surface area (Å²) in [6.45, 7) is 3.41. The van der Waals surface area contributed by atoms with Crippen LogP contribution in [0.1, 0.15) is 50.8 Å². The summed E-state index contributed by atoms with van der Waals surface area (Å²) in [6, 6.07) is 0.596. The van der Waals surface area contributed by atoms with Crippen LogP contribution >= 0.6 is 0 Å². The summed E-state index contributed by atoms with van der Waals surface area (Å²) in [4.78, 5) is 17.9. The number of hydrogen-bond donors (Lipinski definition) is 1. The number of nitrogens with zero attached hydrogens (tertiary/aromatic N) is 3. The van der Waals surface area contributed by atoms with Crippen molar-refractivity contribution in [3.05, 3.63) is 18.2 Å². The molecular weight excluding hydrogens is 242 g/mol. The van der Waals surface area contributed by atoms with Crippen LogP contribution in [0.4, 0.5) is 0 Å². The predicted molar refractivity (Wildman–Crippen MR) is 70.8 cm³/mol. The maximum Gasteiger partial charge on any atom is 0.323 e. The largest absolute Gasteiger partial charge is 0.480 e. The standard InChI is InChI=1S/C14H21N3O2/c1-14(13(18)19)6-2-3-7-16(14)9-12-8-15-10-17(12)11-4-5-11/h8,10-11H,2-7,9H2,1H3,(H,18,19). The van der Waals surface area contributed by atoms with E-state index < -0.39 is 11.5 Å². The fraction of sp³-hybridized carbons (Fsp3) is 0.714. The molecule has 1 saturated carbocycles. The van der Waals surface area contributed by atoms with E-state index in [9.17, 15) is 9.90 Å². The number of rotatable bonds is 4. The van der Waals surface area contributed by atoms with Gasteiger partial charge in [0, 0.05) is 18.8 Å². The van der Waals surface area contributed by atoms with Gasteiger partial charge in [-0.3, -0.25) is 9.69 Å². The predicted octanol–water partition coefficient (Wildman–Crippen LogP) is 2.05. The van der Waals surface area contributed by atoms with Crippen LogP contribution in [0.2, 0.25) is 0 Å². The van der Waals surface area contributed by atoms with Gasteiger partial charge >= 0.3 is 5.97 Å². The van der Waals surface area contributed by atoms with Crippen LogP contribution in [0.3, 0.4) is 0 Å². The van der Waals surface area contributed by atoms with Crippen molar-refractivity contribution in [3.63, 3.8) is 0 Å². The second-order valence-electron chi connectivity index (χ2n) is 5.98. The van der Waals surface area contributed by atoms with Crippen molar-refractivity contribution in [1.29, 1.82) is 0 Å². The number of piperidine rings is 1. The van der Waals surface area contributed by atoms with Gasteiger partial charge in [0.25, 0.3) is 0 Å². The Morgan fingerprint density at radius 3 is 3.00 bits per heavy atom. The number of likely N-dealkylation sites (tertiary alicyclic amines) is 1. The Balaban J connectivity index is 1.80. The summed E-state index contributed by atoms with van der Waals surface area (Å²) in [5.41, 5.74) is 0.425. The monoisotopic (exact) mass is 263 g/mol. The van der Waals surface area contributed by atoms with Gasteiger partial charge in [0.15, 0.2) is 0 Å². The second-order valence-corrected chi connectivity index (χ2v) is 5.98. The molecule has 2 aliphatic rings. The first-order valence-corrected chi connectivity index (χ1v) is 7.10. The van der Waals surface area contributed by atoms with Crippen molar-refractivity contribution in [2.75, 3.05) is 6.54 Å². The minimum atomic E-state index is -0.725. The summed E-state index contributed by atoms with van der Waals surface area (Å²) in [6.07, 6.45) is 9.03. The van der Waals surface area contributed by atoms with Crippen LogP contribution in [0.25, 0.3) is 0 Å². The maximum atomic E-state index is 11.6. The van der Waals surface area contributed by atoms with Crippen molar-refractivity contribution in [2.45, 2.75) is 57.2 Å². The highest BCUT2D eigenvalue weighted by Crippen LogP contribution is 2.37. The van der Waals surface area contributed by atoms with Crippen LogP contribution in [0, 0.1) is 0 Å². The van der Waals surface area contributed by atoms with Crippen molar-refractivity contribution in [1.82, 2.24) is 14.5 Å². The van der Waals surface area contributed by atoms with Gasteiger partial charge in [-0.25, -0.2) is 4.98 Å². The molecule has 0 aromatic carbocycles. The molecule has 1 aromatic rings. The van der Waals surface area contributed by atoms with E-state index in [1.165, 1.54) is 12.8 Å². The van der Waals surface area contributed by atoms with E-state index in [1.54, 1.807) is 0 Å². The highest BCUT2D eigenvalue weighted by atomic mass is 16.4. The highest BCUT2D eigenvalue weighted by molar-refractivity contribution is 5.78. The zero-order valence-corrected chi connectivity index (χ0v) is 11.4. The Hall–Kier alpha value is -1.36. The molecule has 3 rings (SSSR count). The van der Waals surface area contributed by atoms with Gasteiger partial charge in [0.1, 0.15) is 5.54 Å². The average molecular weight is 263 g/mol. The van der Waals surface area contributed by atoms with Gasteiger partial charge in [-0.15, -0.1) is 0 Å². The lowest BCUT2D eigenvalue weighted by Crippen LogP contribution is -2.54. The molecule has 0 bridgehead atoms. The molecule has 104 valence electrons. The Labute approximate surface area is 113 Å². The molecule has 1 saturated heterocycles. The lowest BCUT2D eigenvalue weighted by Gasteiger charge is -2.41. The molecule has 2 heterocycles. The van der Waals surface area contributed by atoms with Crippen molar-refractivity contribution < 1.29 is 9.90 Å². The van der Waals surface area contributed by atoms with Crippen molar-refractivity contribution >= 4 is 5.97 Å². The van der Waals surface area contributed by atoms with Crippen molar-refractivity contribution in [3.8, 4) is 0 Å². The molecule has 0 spiro atoms. The minimum absolute atomic E-state index is 0.596. The van der Waals surface area contributed by atoms with Crippen LogP contribution in [-0.4, -0.2) is 37.6 Å². The molecule has 5 heteroatoms. The minimum Gasteiger partial charge on any atom is -0.480 e. The molecule has 1 unspecified atom stereocenters. The van der Waals surface area contributed by atoms with Crippen LogP contribution in [0.5, 0.6) is 0 Å². The fourth-order valence-corrected chi connectivity index (χ4v) is 3.00. The van der Waals surface area contributed by atoms with E-state index in [-0.39, 0.29) is 0 Å². The molecule has 1 N–H and O–H groups in total. The van der Waals surface area contributed by atoms with E-state index >= 15 is 0 Å². The number of aromatic nitrogens is 2. The van der Waals surface area contributed by atoms with Gasteiger partial charge in [0.05, 0.1) is 12.0 Å². The van der Waals surface area contributed by atoms with E-state index in [1.807, 2.05) is 19.4 Å². The Morgan fingerprint density at radius 2 is 2.32 bits per heavy atom. The third kappa shape index (κ3) is 2.27. The SMILES string of the molecule is CC1(C(=O)O)CCCCN1Cc1cncn1C1CC1. The van der Waals surface area contributed by atoms with Gasteiger partial charge < -0.3 is 9.67 Å². The highest BCUT2D eigenvalue weighted by Gasteiger charge is 2.41. The molecule has 0 radical (unpaired) electrons. The summed E-state index contributed by atoms with van der Waals surface area (Å²) >= 11 is 0. The summed E-state index contributed by atoms with van der Waals surface area (Å²) in [5, 5.41) is 9.52. The van der Waals surface area contributed by atoms with Crippen LogP contribution in [0.15, 0.2) is 12.5 Å². The van der Waals surface area contributed by atoms with Crippen LogP contribution in [-0.2, 0) is 11.3 Å². The normalized spacial score (nSPS) is 28.5. The topological polar surface area (TPSA) is 58.4 Å². The lowest BCUT2D eigenvalue weighted by atomic mass is 9.88. The van der Waals surface area contributed by atoms with E-state index in [2.05, 4.69) is 14.5 Å². The van der Waals surface area contributed by atoms with E-state index in [4.69, 9.17) is 0 Å². The molecule has 2 fully saturated rings. The lowest BCUT2D eigenvalue weighted by molar-refractivity contribution is -0.153. The smallest absolute Gasteiger partial charge is 0.323 e. The number of aliphatic carboxylic acids is 1. The number of carboxylic acids is 1. The number of hydrogen-bond acceptors (Lipinski definition) is 3. The first-order chi connectivity index (χ1) is 9.11. The maximum absolute atomic E-state index is 11.6. The van der Waals surface area contributed by atoms with E-state index in [0.717, 1.165) is 31.5 Å². The molecule has 1 aromatic heterocycles. The Bertz CT molecular complexity index is 481. The number of carbonyl (C=O) groups is 1. The van der Waals surface area contributed by atoms with Gasteiger partial charge in [0.2, 0.25) is 0 Å². The first kappa shape index (κ1) is 12.7. The third-order valence-electron chi connectivity index (χ3n) is 4.54. The van der Waals surface area contributed by atoms with Gasteiger partial charge in [-0.05, 0) is 45.6 Å². The summed E-state index contributed by atoms with van der Waals surface area (Å²) in [7, 11) is 0. The summed E-state index contributed by atoms with van der Waals surface area (Å²) in [5.74, 6) is -0.704. The Morgan fingerprint density at radius 1 is 1.53 bits per heavy atom. The van der Waals surface area contributed by atoms with Crippen LogP contribution < -0.4 is 0 Å². The fourth-order valence-electron chi connectivity index (χ4n) is 3.00. The quantitative estimate of drug-likeness (QED) is 0.903. The zero-order valence-electron chi connectivity index (χ0n) is 11.4. The molecular formula is C14H21N3O2. The molecule has 1 aliphatic heterocycles.